The first-order chi connectivity index (χ1) is 8.59. The third kappa shape index (κ3) is 2.77. The molecule has 1 aliphatic rings. The first kappa shape index (κ1) is 13.2. The number of imidazole rings is 1. The zero-order valence-corrected chi connectivity index (χ0v) is 11.5. The van der Waals surface area contributed by atoms with Crippen molar-refractivity contribution in [3.8, 4) is 0 Å². The van der Waals surface area contributed by atoms with E-state index in [4.69, 9.17) is 0 Å². The van der Waals surface area contributed by atoms with E-state index in [-0.39, 0.29) is 5.82 Å². The number of anilines is 1. The Bertz CT molecular complexity index is 440. The lowest BCUT2D eigenvalue weighted by Gasteiger charge is -2.21. The molecule has 1 aromatic rings. The average Bonchev–Trinajstić information content (AvgIpc) is 2.65. The summed E-state index contributed by atoms with van der Waals surface area (Å²) in [5.74, 6) is 2.29. The van der Waals surface area contributed by atoms with E-state index in [9.17, 15) is 10.1 Å². The van der Waals surface area contributed by atoms with Crippen molar-refractivity contribution in [3.63, 3.8) is 0 Å². The van der Waals surface area contributed by atoms with Gasteiger partial charge >= 0.3 is 5.82 Å². The van der Waals surface area contributed by atoms with Gasteiger partial charge in [-0.3, -0.25) is 4.57 Å². The maximum absolute atomic E-state index is 10.9. The molecule has 1 aromatic heterocycles. The molecule has 1 unspecified atom stereocenters. The van der Waals surface area contributed by atoms with Gasteiger partial charge in [-0.2, -0.15) is 11.8 Å². The summed E-state index contributed by atoms with van der Waals surface area (Å²) >= 11 is 1.95. The van der Waals surface area contributed by atoms with Crippen molar-refractivity contribution in [3.05, 3.63) is 15.9 Å². The summed E-state index contributed by atoms with van der Waals surface area (Å²) in [6, 6.07) is 0. The van der Waals surface area contributed by atoms with Gasteiger partial charge < -0.3 is 15.4 Å². The molecule has 100 valence electrons. The minimum absolute atomic E-state index is 0.0733. The van der Waals surface area contributed by atoms with Crippen LogP contribution in [0.4, 0.5) is 11.6 Å². The summed E-state index contributed by atoms with van der Waals surface area (Å²) in [6.07, 6.45) is 3.72. The summed E-state index contributed by atoms with van der Waals surface area (Å²) < 4.78 is 1.74. The molecule has 0 saturated carbocycles. The fourth-order valence-electron chi connectivity index (χ4n) is 2.10. The Morgan fingerprint density at radius 2 is 2.39 bits per heavy atom. The number of nitrogens with zero attached hydrogens (tertiary/aromatic N) is 3. The zero-order valence-electron chi connectivity index (χ0n) is 10.7. The molecule has 6 nitrogen and oxygen atoms in total. The summed E-state index contributed by atoms with van der Waals surface area (Å²) in [6.45, 7) is 2.54. The Hall–Kier alpha value is -1.24. The quantitative estimate of drug-likeness (QED) is 0.671. The van der Waals surface area contributed by atoms with Crippen LogP contribution in [0.3, 0.4) is 0 Å². The number of hydrogen-bond donors (Lipinski definition) is 1. The van der Waals surface area contributed by atoms with Gasteiger partial charge in [0.1, 0.15) is 0 Å². The maximum Gasteiger partial charge on any atom is 0.406 e. The lowest BCUT2D eigenvalue weighted by Crippen LogP contribution is -2.21. The second-order valence-corrected chi connectivity index (χ2v) is 5.93. The van der Waals surface area contributed by atoms with Crippen LogP contribution < -0.4 is 5.32 Å². The molecule has 7 heteroatoms. The molecule has 0 aliphatic carbocycles. The molecule has 1 atom stereocenters. The Balaban J connectivity index is 2.05. The van der Waals surface area contributed by atoms with Crippen LogP contribution in [0.5, 0.6) is 0 Å². The van der Waals surface area contributed by atoms with Crippen molar-refractivity contribution in [2.45, 2.75) is 31.4 Å². The molecule has 2 rings (SSSR count). The molecule has 0 bridgehead atoms. The normalized spacial score (nSPS) is 19.8. The minimum atomic E-state index is -0.427. The van der Waals surface area contributed by atoms with Crippen molar-refractivity contribution >= 4 is 23.4 Å². The van der Waals surface area contributed by atoms with E-state index in [2.05, 4.69) is 10.3 Å². The Kier molecular flexibility index (Phi) is 4.11. The van der Waals surface area contributed by atoms with Gasteiger partial charge in [0, 0.05) is 25.8 Å². The number of hydrogen-bond acceptors (Lipinski definition) is 5. The van der Waals surface area contributed by atoms with Gasteiger partial charge in [-0.15, -0.1) is 0 Å². The largest absolute Gasteiger partial charge is 0.406 e. The van der Waals surface area contributed by atoms with E-state index in [1.165, 1.54) is 25.0 Å². The number of thioether (sulfide) groups is 1. The number of aryl methyl sites for hydroxylation is 1. The van der Waals surface area contributed by atoms with Crippen molar-refractivity contribution in [1.29, 1.82) is 0 Å². The van der Waals surface area contributed by atoms with Crippen LogP contribution in [0.25, 0.3) is 0 Å². The van der Waals surface area contributed by atoms with Gasteiger partial charge in [0.2, 0.25) is 11.6 Å². The highest BCUT2D eigenvalue weighted by Gasteiger charge is 2.24. The smallest absolute Gasteiger partial charge is 0.363 e. The third-order valence-corrected chi connectivity index (χ3v) is 4.64. The van der Waals surface area contributed by atoms with Gasteiger partial charge in [0.05, 0.1) is 0 Å². The fourth-order valence-corrected chi connectivity index (χ4v) is 3.34. The zero-order chi connectivity index (χ0) is 13.1. The van der Waals surface area contributed by atoms with E-state index in [1.807, 2.05) is 11.8 Å². The molecule has 0 spiro atoms. The highest BCUT2D eigenvalue weighted by Crippen LogP contribution is 2.28. The molecule has 0 aromatic carbocycles. The van der Waals surface area contributed by atoms with E-state index in [0.717, 1.165) is 6.54 Å². The molecule has 0 radical (unpaired) electrons. The maximum atomic E-state index is 10.9. The van der Waals surface area contributed by atoms with Crippen LogP contribution in [-0.2, 0) is 7.05 Å². The van der Waals surface area contributed by atoms with E-state index >= 15 is 0 Å². The molecular formula is C11H18N4O2S. The Morgan fingerprint density at radius 3 is 3.00 bits per heavy atom. The van der Waals surface area contributed by atoms with Crippen LogP contribution in [0, 0.1) is 17.0 Å². The lowest BCUT2D eigenvalue weighted by molar-refractivity contribution is -0.388. The molecule has 1 N–H and O–H groups in total. The Labute approximate surface area is 110 Å². The Morgan fingerprint density at radius 1 is 1.61 bits per heavy atom. The van der Waals surface area contributed by atoms with Gasteiger partial charge in [0.15, 0.2) is 0 Å². The third-order valence-electron chi connectivity index (χ3n) is 3.24. The predicted molar refractivity (Wildman–Crippen MR) is 73.2 cm³/mol. The second-order valence-electron chi connectivity index (χ2n) is 4.52. The topological polar surface area (TPSA) is 73.0 Å². The van der Waals surface area contributed by atoms with Crippen molar-refractivity contribution < 1.29 is 4.92 Å². The second kappa shape index (κ2) is 5.60. The molecule has 0 amide bonds. The van der Waals surface area contributed by atoms with Crippen LogP contribution in [0.15, 0.2) is 0 Å². The van der Waals surface area contributed by atoms with Crippen LogP contribution in [0.2, 0.25) is 0 Å². The molecule has 1 saturated heterocycles. The lowest BCUT2D eigenvalue weighted by atomic mass is 10.2. The summed E-state index contributed by atoms with van der Waals surface area (Å²) in [4.78, 5) is 14.5. The number of nitro groups is 1. The molecule has 1 fully saturated rings. The monoisotopic (exact) mass is 270 g/mol. The highest BCUT2D eigenvalue weighted by atomic mass is 32.2. The van der Waals surface area contributed by atoms with Crippen molar-refractivity contribution in [2.24, 2.45) is 7.05 Å². The predicted octanol–water partition coefficient (Wildman–Crippen LogP) is 2.33. The van der Waals surface area contributed by atoms with Crippen LogP contribution in [-0.4, -0.2) is 32.0 Å². The molecule has 1 aliphatic heterocycles. The number of nitrogens with one attached hydrogen (secondary N) is 1. The highest BCUT2D eigenvalue weighted by molar-refractivity contribution is 7.99. The first-order valence-corrected chi connectivity index (χ1v) is 7.17. The van der Waals surface area contributed by atoms with Crippen molar-refractivity contribution in [2.75, 3.05) is 17.6 Å². The standard InChI is InChI=1S/C11H18N4O2S/c1-8-13-11(15(16)17)10(14(8)2)12-7-9-5-3-4-6-18-9/h9,12H,3-7H2,1-2H3. The van der Waals surface area contributed by atoms with Gasteiger partial charge in [-0.05, 0) is 28.5 Å². The molecule has 18 heavy (non-hydrogen) atoms. The summed E-state index contributed by atoms with van der Waals surface area (Å²) in [5.41, 5.74) is 0. The van der Waals surface area contributed by atoms with Gasteiger partial charge in [-0.1, -0.05) is 6.42 Å². The molecular weight excluding hydrogens is 252 g/mol. The summed E-state index contributed by atoms with van der Waals surface area (Å²) in [5, 5.41) is 14.7. The van der Waals surface area contributed by atoms with E-state index in [0.29, 0.717) is 16.9 Å². The molecule has 2 heterocycles. The number of rotatable bonds is 4. The van der Waals surface area contributed by atoms with Gasteiger partial charge in [-0.25, -0.2) is 0 Å². The van der Waals surface area contributed by atoms with Crippen LogP contribution in [0.1, 0.15) is 25.1 Å². The van der Waals surface area contributed by atoms with Gasteiger partial charge in [0.25, 0.3) is 0 Å². The van der Waals surface area contributed by atoms with Crippen molar-refractivity contribution in [1.82, 2.24) is 9.55 Å². The average molecular weight is 270 g/mol. The SMILES string of the molecule is Cc1nc([N+](=O)[O-])c(NCC2CCCCS2)n1C. The number of aromatic nitrogens is 2. The van der Waals surface area contributed by atoms with E-state index in [1.54, 1.807) is 18.5 Å². The summed E-state index contributed by atoms with van der Waals surface area (Å²) in [7, 11) is 1.80. The van der Waals surface area contributed by atoms with Crippen LogP contribution >= 0.6 is 11.8 Å². The van der Waals surface area contributed by atoms with E-state index < -0.39 is 4.92 Å². The first-order valence-electron chi connectivity index (χ1n) is 6.12. The fraction of sp³-hybridized carbons (Fsp3) is 0.727. The minimum Gasteiger partial charge on any atom is -0.363 e.